The average Bonchev–Trinajstić information content (AvgIpc) is 3.14. The largest absolute Gasteiger partial charge is 0.469 e. The van der Waals surface area contributed by atoms with Crippen LogP contribution >= 0.6 is 11.6 Å². The summed E-state index contributed by atoms with van der Waals surface area (Å²) in [4.78, 5) is 25.2. The minimum absolute atomic E-state index is 0.0227. The van der Waals surface area contributed by atoms with Crippen molar-refractivity contribution in [2.75, 3.05) is 13.7 Å². The van der Waals surface area contributed by atoms with Gasteiger partial charge in [0.05, 0.1) is 19.1 Å². The summed E-state index contributed by atoms with van der Waals surface area (Å²) < 4.78 is 38.2. The molecule has 206 valence electrons. The zero-order valence-corrected chi connectivity index (χ0v) is 22.5. The third kappa shape index (κ3) is 3.98. The van der Waals surface area contributed by atoms with E-state index >= 15 is 8.78 Å². The number of nitrogens with zero attached hydrogens (tertiary/aromatic N) is 1. The lowest BCUT2D eigenvalue weighted by molar-refractivity contribution is -0.205. The highest BCUT2D eigenvalue weighted by Gasteiger charge is 2.73. The first kappa shape index (κ1) is 27.4. The molecule has 5 rings (SSSR count). The maximum atomic E-state index is 17.4. The average molecular weight is 550 g/mol. The molecule has 0 saturated heterocycles. The second-order valence-electron chi connectivity index (χ2n) is 11.9. The lowest BCUT2D eigenvalue weighted by Crippen LogP contribution is -2.68. The van der Waals surface area contributed by atoms with Crippen molar-refractivity contribution < 1.29 is 33.4 Å². The Labute approximate surface area is 226 Å². The van der Waals surface area contributed by atoms with Gasteiger partial charge < -0.3 is 15.1 Å². The molecular weight excluding hydrogens is 516 g/mol. The minimum atomic E-state index is -2.22. The molecule has 9 heteroatoms. The SMILES string of the molecule is COC(=O)[C@H]1[C@H](CN(O)Cc2ccc(Cl)cc2)CC2[C@@H]3C[C@H](F)C4=CC(=O)C=C[C@]4(C)[C@@]3(F)[C@@H](O)C[C@@]21C. The number of esters is 1. The number of carbonyl (C=O) groups is 2. The fourth-order valence-corrected chi connectivity index (χ4v) is 8.42. The van der Waals surface area contributed by atoms with Crippen LogP contribution in [0.15, 0.2) is 48.1 Å². The number of ketones is 1. The molecule has 4 aliphatic carbocycles. The Bertz CT molecular complexity index is 1190. The van der Waals surface area contributed by atoms with Crippen molar-refractivity contribution >= 4 is 23.4 Å². The van der Waals surface area contributed by atoms with Crippen LogP contribution in [-0.4, -0.2) is 58.7 Å². The zero-order valence-electron chi connectivity index (χ0n) is 21.7. The molecule has 38 heavy (non-hydrogen) atoms. The van der Waals surface area contributed by atoms with Gasteiger partial charge in [-0.2, -0.15) is 5.06 Å². The highest BCUT2D eigenvalue weighted by atomic mass is 35.5. The molecule has 1 aromatic carbocycles. The van der Waals surface area contributed by atoms with Crippen LogP contribution < -0.4 is 0 Å². The number of hydroxylamine groups is 2. The van der Waals surface area contributed by atoms with Gasteiger partial charge in [0.25, 0.3) is 0 Å². The van der Waals surface area contributed by atoms with Crippen LogP contribution in [0.5, 0.6) is 0 Å². The van der Waals surface area contributed by atoms with Gasteiger partial charge in [0.1, 0.15) is 6.17 Å². The van der Waals surface area contributed by atoms with Crippen LogP contribution in [0.4, 0.5) is 8.78 Å². The van der Waals surface area contributed by atoms with Crippen molar-refractivity contribution in [1.29, 1.82) is 0 Å². The number of alkyl halides is 2. The van der Waals surface area contributed by atoms with E-state index in [1.165, 1.54) is 19.3 Å². The van der Waals surface area contributed by atoms with E-state index < -0.39 is 64.2 Å². The summed E-state index contributed by atoms with van der Waals surface area (Å²) in [5.74, 6) is -3.35. The maximum Gasteiger partial charge on any atom is 0.309 e. The molecule has 2 N–H and O–H groups in total. The molecular formula is C29H34ClF2NO5. The number of hydrogen-bond donors (Lipinski definition) is 2. The first-order valence-electron chi connectivity index (χ1n) is 13.1. The standard InChI is InChI=1S/C29H34ClF2NO5/c1-27-13-24(35)29(32)21(12-23(31)22-11-19(34)8-9-28(22,29)2)20(27)10-17(25(27)26(36)38-3)15-33(37)14-16-4-6-18(30)7-5-16/h4-9,11,17,20-21,23-25,35,37H,10,12-15H2,1-3H3/t17-,20?,21-,23-,24-,25+,27-,28-,29-/m0/s1. The zero-order chi connectivity index (χ0) is 27.6. The van der Waals surface area contributed by atoms with E-state index in [1.807, 2.05) is 6.92 Å². The van der Waals surface area contributed by atoms with Crippen molar-refractivity contribution in [3.05, 3.63) is 58.7 Å². The van der Waals surface area contributed by atoms with Crippen molar-refractivity contribution in [2.45, 2.75) is 57.6 Å². The van der Waals surface area contributed by atoms with Crippen molar-refractivity contribution in [3.8, 4) is 0 Å². The van der Waals surface area contributed by atoms with E-state index in [1.54, 1.807) is 31.2 Å². The monoisotopic (exact) mass is 549 g/mol. The maximum absolute atomic E-state index is 17.4. The van der Waals surface area contributed by atoms with Gasteiger partial charge in [-0.1, -0.05) is 36.7 Å². The second kappa shape index (κ2) is 9.51. The summed E-state index contributed by atoms with van der Waals surface area (Å²) in [7, 11) is 1.29. The molecule has 1 aromatic rings. The van der Waals surface area contributed by atoms with E-state index in [0.717, 1.165) is 16.7 Å². The predicted molar refractivity (Wildman–Crippen MR) is 137 cm³/mol. The van der Waals surface area contributed by atoms with Gasteiger partial charge in [0.15, 0.2) is 11.5 Å². The number of benzene rings is 1. The van der Waals surface area contributed by atoms with Gasteiger partial charge in [-0.25, -0.2) is 8.78 Å². The molecule has 0 bridgehead atoms. The summed E-state index contributed by atoms with van der Waals surface area (Å²) in [6.07, 6.45) is 0.927. The van der Waals surface area contributed by atoms with Crippen LogP contribution in [0.2, 0.25) is 5.02 Å². The van der Waals surface area contributed by atoms with E-state index in [0.29, 0.717) is 11.4 Å². The van der Waals surface area contributed by atoms with Crippen LogP contribution in [-0.2, 0) is 20.9 Å². The van der Waals surface area contributed by atoms with E-state index in [9.17, 15) is 19.9 Å². The first-order chi connectivity index (χ1) is 17.8. The van der Waals surface area contributed by atoms with E-state index in [2.05, 4.69) is 0 Å². The van der Waals surface area contributed by atoms with Gasteiger partial charge in [-0.05, 0) is 78.9 Å². The molecule has 6 nitrogen and oxygen atoms in total. The van der Waals surface area contributed by atoms with E-state index in [4.69, 9.17) is 16.3 Å². The van der Waals surface area contributed by atoms with Gasteiger partial charge >= 0.3 is 5.97 Å². The summed E-state index contributed by atoms with van der Waals surface area (Å²) in [6, 6.07) is 7.04. The van der Waals surface area contributed by atoms with E-state index in [-0.39, 0.29) is 31.5 Å². The van der Waals surface area contributed by atoms with Crippen LogP contribution in [0, 0.1) is 34.5 Å². The number of carbonyl (C=O) groups excluding carboxylic acids is 2. The van der Waals surface area contributed by atoms with Crippen molar-refractivity contribution in [3.63, 3.8) is 0 Å². The lowest BCUT2D eigenvalue weighted by atomic mass is 9.45. The molecule has 4 aliphatic rings. The fraction of sp³-hybridized carbons (Fsp3) is 0.586. The number of allylic oxidation sites excluding steroid dienone is 4. The number of halogens is 3. The Hall–Kier alpha value is -2.13. The highest BCUT2D eigenvalue weighted by molar-refractivity contribution is 6.30. The molecule has 3 fully saturated rings. The number of methoxy groups -OCH3 is 1. The summed E-state index contributed by atoms with van der Waals surface area (Å²) in [5.41, 5.74) is -3.69. The molecule has 1 unspecified atom stereocenters. The van der Waals surface area contributed by atoms with Gasteiger partial charge in [-0.3, -0.25) is 9.59 Å². The number of fused-ring (bicyclic) bond motifs is 5. The third-order valence-corrected chi connectivity index (χ3v) is 10.2. The fourth-order valence-electron chi connectivity index (χ4n) is 8.29. The number of hydrogen-bond acceptors (Lipinski definition) is 6. The lowest BCUT2D eigenvalue weighted by Gasteiger charge is -2.62. The van der Waals surface area contributed by atoms with Crippen molar-refractivity contribution in [1.82, 2.24) is 5.06 Å². The van der Waals surface area contributed by atoms with Crippen LogP contribution in [0.1, 0.15) is 38.7 Å². The molecule has 9 atom stereocenters. The topological polar surface area (TPSA) is 87.1 Å². The number of ether oxygens (including phenoxy) is 1. The Morgan fingerprint density at radius 1 is 1.21 bits per heavy atom. The molecule has 0 heterocycles. The first-order valence-corrected chi connectivity index (χ1v) is 13.5. The summed E-state index contributed by atoms with van der Waals surface area (Å²) >= 11 is 5.96. The summed E-state index contributed by atoms with van der Waals surface area (Å²) in [5, 5.41) is 24.0. The second-order valence-corrected chi connectivity index (χ2v) is 12.4. The number of aliphatic hydroxyl groups excluding tert-OH is 1. The molecule has 0 radical (unpaired) electrons. The third-order valence-electron chi connectivity index (χ3n) is 9.98. The molecule has 0 aliphatic heterocycles. The number of aliphatic hydroxyl groups is 1. The Balaban J connectivity index is 1.49. The van der Waals surface area contributed by atoms with Gasteiger partial charge in [0.2, 0.25) is 0 Å². The molecule has 0 spiro atoms. The van der Waals surface area contributed by atoms with Gasteiger partial charge in [-0.15, -0.1) is 0 Å². The molecule has 0 aromatic heterocycles. The van der Waals surface area contributed by atoms with Crippen molar-refractivity contribution in [2.24, 2.45) is 34.5 Å². The summed E-state index contributed by atoms with van der Waals surface area (Å²) in [6.45, 7) is 3.72. The van der Waals surface area contributed by atoms with Crippen LogP contribution in [0.3, 0.4) is 0 Å². The van der Waals surface area contributed by atoms with Gasteiger partial charge in [0, 0.05) is 29.4 Å². The normalized spacial score (nSPS) is 41.8. The van der Waals surface area contributed by atoms with Crippen LogP contribution in [0.25, 0.3) is 0 Å². The number of rotatable bonds is 5. The minimum Gasteiger partial charge on any atom is -0.469 e. The Kier molecular flexibility index (Phi) is 6.86. The molecule has 0 amide bonds. The Morgan fingerprint density at radius 3 is 2.55 bits per heavy atom. The quantitative estimate of drug-likeness (QED) is 0.403. The highest BCUT2D eigenvalue weighted by Crippen LogP contribution is 2.70. The Morgan fingerprint density at radius 2 is 1.89 bits per heavy atom. The molecule has 3 saturated carbocycles. The predicted octanol–water partition coefficient (Wildman–Crippen LogP) is 4.87. The smallest absolute Gasteiger partial charge is 0.309 e.